The average molecular weight is 848 g/mol. The molecule has 0 aromatic heterocycles. The molecule has 0 spiro atoms. The Labute approximate surface area is 346 Å². The molecular formula is C43H83ClO8Si3. The van der Waals surface area contributed by atoms with Crippen LogP contribution in [0.2, 0.25) is 50.9 Å². The minimum atomic E-state index is -1.70. The van der Waals surface area contributed by atoms with Gasteiger partial charge < -0.3 is 38.8 Å². The highest BCUT2D eigenvalue weighted by Crippen LogP contribution is 2.58. The number of aliphatic hydroxyl groups excluding tert-OH is 4. The van der Waals surface area contributed by atoms with Crippen LogP contribution in [0, 0.1) is 59.2 Å². The van der Waals surface area contributed by atoms with E-state index in [1.165, 1.54) is 76.7 Å². The van der Waals surface area contributed by atoms with Crippen LogP contribution < -0.4 is 0 Å². The summed E-state index contributed by atoms with van der Waals surface area (Å²) < 4.78 is 24.6. The molecule has 4 saturated carbocycles. The van der Waals surface area contributed by atoms with Gasteiger partial charge in [0.1, 0.15) is 12.2 Å². The Kier molecular flexibility index (Phi) is 20.7. The van der Waals surface area contributed by atoms with Crippen molar-refractivity contribution in [1.29, 1.82) is 0 Å². The Morgan fingerprint density at radius 3 is 1.85 bits per heavy atom. The number of rotatable bonds is 30. The number of fused-ring (bicyclic) bond motifs is 4. The maximum atomic E-state index is 10.0. The largest absolute Gasteiger partial charge is 0.417 e. The molecule has 12 heteroatoms. The Morgan fingerprint density at radius 2 is 1.29 bits per heavy atom. The molecule has 4 aliphatic rings. The first-order valence-corrected chi connectivity index (χ1v) is 31.1. The molecule has 4 N–H and O–H groups in total. The fourth-order valence-electron chi connectivity index (χ4n) is 11.6. The molecule has 322 valence electrons. The summed E-state index contributed by atoms with van der Waals surface area (Å²) in [6.07, 6.45) is 15.7. The molecule has 4 rings (SSSR count). The summed E-state index contributed by atoms with van der Waals surface area (Å²) in [7, 11) is -2.75. The third kappa shape index (κ3) is 15.9. The van der Waals surface area contributed by atoms with E-state index < -0.39 is 28.6 Å². The number of aliphatic hydroxyl groups is 4. The smallest absolute Gasteiger partial charge is 0.230 e. The molecule has 0 amide bonds. The molecule has 4 bridgehead atoms. The van der Waals surface area contributed by atoms with Crippen molar-refractivity contribution in [2.24, 2.45) is 59.2 Å². The fraction of sp³-hybridized carbons (Fsp3) is 1.00. The third-order valence-electron chi connectivity index (χ3n) is 14.2. The van der Waals surface area contributed by atoms with E-state index in [1.807, 2.05) is 0 Å². The van der Waals surface area contributed by atoms with Gasteiger partial charge in [-0.1, -0.05) is 33.0 Å². The molecule has 4 fully saturated rings. The summed E-state index contributed by atoms with van der Waals surface area (Å²) in [5.41, 5.74) is 0.607. The molecular weight excluding hydrogens is 764 g/mol. The van der Waals surface area contributed by atoms with E-state index in [1.54, 1.807) is 0 Å². The molecule has 14 atom stereocenters. The van der Waals surface area contributed by atoms with Crippen molar-refractivity contribution in [2.45, 2.75) is 160 Å². The lowest BCUT2D eigenvalue weighted by molar-refractivity contribution is -0.0191. The lowest BCUT2D eigenvalue weighted by Gasteiger charge is -2.41. The quantitative estimate of drug-likeness (QED) is 0.0422. The zero-order valence-corrected chi connectivity index (χ0v) is 39.7. The predicted molar refractivity (Wildman–Crippen MR) is 231 cm³/mol. The summed E-state index contributed by atoms with van der Waals surface area (Å²) >= 11 is 6.34. The van der Waals surface area contributed by atoms with E-state index in [-0.39, 0.29) is 32.5 Å². The van der Waals surface area contributed by atoms with Gasteiger partial charge in [-0.15, -0.1) is 11.6 Å². The van der Waals surface area contributed by atoms with Crippen LogP contribution in [0.1, 0.15) is 90.4 Å². The third-order valence-corrected chi connectivity index (χ3v) is 19.6. The second-order valence-electron chi connectivity index (χ2n) is 20.7. The van der Waals surface area contributed by atoms with Gasteiger partial charge >= 0.3 is 0 Å². The Morgan fingerprint density at radius 1 is 0.709 bits per heavy atom. The van der Waals surface area contributed by atoms with Crippen molar-refractivity contribution in [1.82, 2.24) is 0 Å². The van der Waals surface area contributed by atoms with E-state index in [2.05, 4.69) is 46.2 Å². The first kappa shape index (κ1) is 48.3. The number of hydrogen-bond donors (Lipinski definition) is 4. The van der Waals surface area contributed by atoms with Gasteiger partial charge in [0.2, 0.25) is 9.76 Å². The first-order valence-electron chi connectivity index (χ1n) is 22.5. The number of hydrogen-bond acceptors (Lipinski definition) is 8. The van der Waals surface area contributed by atoms with E-state index in [9.17, 15) is 15.3 Å². The molecule has 55 heavy (non-hydrogen) atoms. The minimum absolute atomic E-state index is 0.0602. The zero-order valence-electron chi connectivity index (χ0n) is 35.9. The molecule has 0 heterocycles. The van der Waals surface area contributed by atoms with Gasteiger partial charge in [-0.05, 0) is 162 Å². The topological polar surface area (TPSA) is 118 Å². The van der Waals surface area contributed by atoms with Crippen LogP contribution in [0.15, 0.2) is 0 Å². The second-order valence-corrected chi connectivity index (χ2v) is 32.0. The van der Waals surface area contributed by atoms with Gasteiger partial charge in [0.15, 0.2) is 8.32 Å². The van der Waals surface area contributed by atoms with Crippen molar-refractivity contribution in [3.05, 3.63) is 0 Å². The van der Waals surface area contributed by atoms with Crippen molar-refractivity contribution < 1.29 is 38.8 Å². The molecule has 0 aliphatic heterocycles. The number of halogens is 1. The van der Waals surface area contributed by atoms with Gasteiger partial charge in [0.05, 0.1) is 45.7 Å². The molecule has 2 radical (unpaired) electrons. The predicted octanol–water partition coefficient (Wildman–Crippen LogP) is 8.26. The second kappa shape index (κ2) is 23.6. The minimum Gasteiger partial charge on any atom is -0.417 e. The van der Waals surface area contributed by atoms with Crippen molar-refractivity contribution in [3.8, 4) is 0 Å². The van der Waals surface area contributed by atoms with Crippen molar-refractivity contribution in [3.63, 3.8) is 0 Å². The standard InChI is InChI=1S/C43H83ClO8Si3/c1-8-40(28-50-27-39(48)23-46)52-53-29-36-18-31-15-33(41(36)19-31)12-11-30(10-9-13-44)14-34-16-32-17-35(42(34)20-32)21-43(54(2,3)4)37(25-51-55(5,6)7)24-49-26-38(47)22-45/h30-43,45-48H,8-29H2,1-7H3. The summed E-state index contributed by atoms with van der Waals surface area (Å²) in [6, 6.07) is 1.18. The average Bonchev–Trinajstić information content (AvgIpc) is 3.93. The van der Waals surface area contributed by atoms with Gasteiger partial charge in [-0.25, -0.2) is 0 Å². The lowest BCUT2D eigenvalue weighted by Crippen LogP contribution is -2.41. The molecule has 4 aliphatic carbocycles. The normalized spacial score (nSPS) is 31.2. The summed E-state index contributed by atoms with van der Waals surface area (Å²) in [4.78, 5) is 0. The van der Waals surface area contributed by atoms with Crippen LogP contribution in [-0.4, -0.2) is 117 Å². The van der Waals surface area contributed by atoms with Crippen LogP contribution in [0.3, 0.4) is 0 Å². The van der Waals surface area contributed by atoms with Crippen LogP contribution in [-0.2, 0) is 18.3 Å². The van der Waals surface area contributed by atoms with Gasteiger partial charge in [0, 0.05) is 26.5 Å². The highest BCUT2D eigenvalue weighted by Gasteiger charge is 2.49. The Hall–Kier alpha value is 0.621. The summed E-state index contributed by atoms with van der Waals surface area (Å²) in [6.45, 7) is 18.2. The van der Waals surface area contributed by atoms with E-state index in [4.69, 9.17) is 35.0 Å². The SMILES string of the molecule is CCC(COCC(O)CO)O[Si]CC1CC2CC(CCC(CCCCl)CC3CC4CC(CC(C(COCC(O)CO)CO[Si](C)(C)C)[Si](C)(C)C)C3C4)C1C2. The molecule has 14 unspecified atom stereocenters. The van der Waals surface area contributed by atoms with Crippen LogP contribution in [0.25, 0.3) is 0 Å². The Balaban J connectivity index is 1.31. The van der Waals surface area contributed by atoms with E-state index in [0.717, 1.165) is 78.6 Å². The van der Waals surface area contributed by atoms with E-state index in [0.29, 0.717) is 34.4 Å². The zero-order chi connectivity index (χ0) is 40.2. The summed E-state index contributed by atoms with van der Waals surface area (Å²) in [5, 5.41) is 38.0. The van der Waals surface area contributed by atoms with Crippen molar-refractivity contribution in [2.75, 3.05) is 52.1 Å². The lowest BCUT2D eigenvalue weighted by atomic mass is 9.72. The fourth-order valence-corrected chi connectivity index (χ4v) is 16.3. The van der Waals surface area contributed by atoms with Crippen LogP contribution >= 0.6 is 11.6 Å². The monoisotopic (exact) mass is 847 g/mol. The highest BCUT2D eigenvalue weighted by atomic mass is 35.5. The molecule has 0 saturated heterocycles. The van der Waals surface area contributed by atoms with Crippen molar-refractivity contribution >= 4 is 37.8 Å². The van der Waals surface area contributed by atoms with E-state index >= 15 is 0 Å². The summed E-state index contributed by atoms with van der Waals surface area (Å²) in [5.74, 6) is 8.74. The maximum Gasteiger partial charge on any atom is 0.230 e. The molecule has 0 aromatic carbocycles. The van der Waals surface area contributed by atoms with Gasteiger partial charge in [0.25, 0.3) is 0 Å². The highest BCUT2D eigenvalue weighted by molar-refractivity contribution is 6.77. The first-order chi connectivity index (χ1) is 26.1. The van der Waals surface area contributed by atoms with Gasteiger partial charge in [-0.3, -0.25) is 0 Å². The molecule has 0 aromatic rings. The number of alkyl halides is 1. The van der Waals surface area contributed by atoms with Crippen LogP contribution in [0.5, 0.6) is 0 Å². The Bertz CT molecular complexity index is 1060. The maximum absolute atomic E-state index is 10.0. The van der Waals surface area contributed by atoms with Crippen LogP contribution in [0.4, 0.5) is 0 Å². The van der Waals surface area contributed by atoms with Gasteiger partial charge in [-0.2, -0.15) is 0 Å². The molecule has 8 nitrogen and oxygen atoms in total. The number of ether oxygens (including phenoxy) is 2.